The van der Waals surface area contributed by atoms with E-state index in [4.69, 9.17) is 14.2 Å². The number of pyridine rings is 1. The molecule has 14 nitrogen and oxygen atoms in total. The van der Waals surface area contributed by atoms with Crippen molar-refractivity contribution in [2.75, 3.05) is 13.7 Å². The van der Waals surface area contributed by atoms with Gasteiger partial charge in [-0.15, -0.1) is 6.58 Å². The van der Waals surface area contributed by atoms with Crippen molar-refractivity contribution in [3.8, 4) is 11.6 Å². The van der Waals surface area contributed by atoms with Crippen molar-refractivity contribution in [3.05, 3.63) is 43.1 Å². The Morgan fingerprint density at radius 3 is 2.46 bits per heavy atom. The van der Waals surface area contributed by atoms with Gasteiger partial charge in [0.15, 0.2) is 0 Å². The average molecular weight is 712 g/mol. The maximum Gasteiger partial charge on any atom is 0.408 e. The summed E-state index contributed by atoms with van der Waals surface area (Å²) in [7, 11) is -2.31. The zero-order valence-electron chi connectivity index (χ0n) is 28.6. The molecule has 4 fully saturated rings. The molecule has 0 radical (unpaired) electrons. The fraction of sp³-hybridized carbons (Fsp3) is 0.571. The first kappa shape index (κ1) is 35.4. The topological polar surface area (TPSA) is 182 Å². The molecule has 1 aliphatic heterocycles. The number of sulfonamides is 1. The van der Waals surface area contributed by atoms with E-state index >= 15 is 0 Å². The number of nitrogens with one attached hydrogen (secondary N) is 3. The second kappa shape index (κ2) is 14.1. The smallest absolute Gasteiger partial charge is 0.408 e. The number of amides is 4. The molecule has 1 saturated heterocycles. The van der Waals surface area contributed by atoms with E-state index < -0.39 is 68.7 Å². The van der Waals surface area contributed by atoms with Crippen LogP contribution in [-0.2, 0) is 29.1 Å². The van der Waals surface area contributed by atoms with Crippen molar-refractivity contribution in [1.29, 1.82) is 0 Å². The van der Waals surface area contributed by atoms with Gasteiger partial charge in [0.1, 0.15) is 35.6 Å². The number of aromatic nitrogens is 1. The van der Waals surface area contributed by atoms with Gasteiger partial charge in [0.25, 0.3) is 5.91 Å². The maximum absolute atomic E-state index is 14.3. The van der Waals surface area contributed by atoms with Gasteiger partial charge < -0.3 is 29.7 Å². The van der Waals surface area contributed by atoms with Crippen LogP contribution >= 0.6 is 0 Å². The molecule has 0 unspecified atom stereocenters. The fourth-order valence-electron chi connectivity index (χ4n) is 6.91. The van der Waals surface area contributed by atoms with Gasteiger partial charge in [-0.1, -0.05) is 19.9 Å². The lowest BCUT2D eigenvalue weighted by molar-refractivity contribution is -0.141. The molecule has 5 atom stereocenters. The number of alkyl carbamates (subject to hydrolysis) is 1. The molecule has 270 valence electrons. The highest BCUT2D eigenvalue weighted by Gasteiger charge is 2.62. The highest BCUT2D eigenvalue weighted by Crippen LogP contribution is 2.45. The van der Waals surface area contributed by atoms with Crippen molar-refractivity contribution in [1.82, 2.24) is 25.2 Å². The summed E-state index contributed by atoms with van der Waals surface area (Å²) in [6.07, 6.45) is 6.07. The molecular formula is C35H45N5O9S. The standard InChI is InChI=1S/C35H45N5O9S/c1-5-22-18-35(22,33(43)39-50(45,46)26-11-12-26)38-30(41)28-17-25(48-31-27-13-10-24(47-4)16-21(27)14-15-36-31)19-40(28)32(42)29(20(2)3)37-34(44)49-23-8-6-7-9-23/h5,10,13-16,20,22-23,25-26,28-29H,1,6-9,11-12,17-19H2,2-4H3,(H,37,44)(H,38,41)(H,39,43)/t22-,25-,28+,29+,35-/m1/s1. The van der Waals surface area contributed by atoms with Crippen LogP contribution in [0.4, 0.5) is 4.79 Å². The summed E-state index contributed by atoms with van der Waals surface area (Å²) in [5, 5.41) is 6.39. The lowest BCUT2D eigenvalue weighted by atomic mass is 10.0. The predicted octanol–water partition coefficient (Wildman–Crippen LogP) is 2.95. The number of ether oxygens (including phenoxy) is 3. The van der Waals surface area contributed by atoms with Crippen LogP contribution in [0.5, 0.6) is 11.6 Å². The van der Waals surface area contributed by atoms with Crippen LogP contribution in [0.25, 0.3) is 10.8 Å². The first-order chi connectivity index (χ1) is 23.8. The van der Waals surface area contributed by atoms with E-state index in [-0.39, 0.29) is 31.4 Å². The zero-order valence-corrected chi connectivity index (χ0v) is 29.4. The number of hydrogen-bond donors (Lipinski definition) is 3. The second-order valence-electron chi connectivity index (χ2n) is 14.0. The van der Waals surface area contributed by atoms with E-state index in [9.17, 15) is 27.6 Å². The Hall–Kier alpha value is -4.40. The fourth-order valence-corrected chi connectivity index (χ4v) is 8.28. The van der Waals surface area contributed by atoms with Crippen LogP contribution in [0.2, 0.25) is 0 Å². The third-order valence-corrected chi connectivity index (χ3v) is 11.9. The van der Waals surface area contributed by atoms with E-state index in [0.717, 1.165) is 31.1 Å². The largest absolute Gasteiger partial charge is 0.497 e. The minimum Gasteiger partial charge on any atom is -0.497 e. The molecule has 4 aliphatic rings. The Balaban J connectivity index is 1.25. The molecule has 4 amide bonds. The maximum atomic E-state index is 14.3. The van der Waals surface area contributed by atoms with Crippen LogP contribution in [0.3, 0.4) is 0 Å². The lowest BCUT2D eigenvalue weighted by Crippen LogP contribution is -2.59. The average Bonchev–Trinajstić information content (AvgIpc) is 3.97. The van der Waals surface area contributed by atoms with Crippen LogP contribution in [0, 0.1) is 11.8 Å². The molecule has 2 heterocycles. The number of benzene rings is 1. The minimum atomic E-state index is -3.88. The van der Waals surface area contributed by atoms with Crippen molar-refractivity contribution in [2.24, 2.45) is 11.8 Å². The third kappa shape index (κ3) is 7.37. The van der Waals surface area contributed by atoms with Crippen LogP contribution in [-0.4, -0.2) is 90.9 Å². The van der Waals surface area contributed by atoms with E-state index in [1.165, 1.54) is 11.0 Å². The van der Waals surface area contributed by atoms with E-state index in [1.807, 2.05) is 18.2 Å². The van der Waals surface area contributed by atoms with Gasteiger partial charge in [-0.2, -0.15) is 0 Å². The number of hydrogen-bond acceptors (Lipinski definition) is 10. The third-order valence-electron chi connectivity index (χ3n) is 10.1. The molecule has 50 heavy (non-hydrogen) atoms. The summed E-state index contributed by atoms with van der Waals surface area (Å²) in [6, 6.07) is 5.10. The summed E-state index contributed by atoms with van der Waals surface area (Å²) in [5.74, 6) is -1.92. The van der Waals surface area contributed by atoms with Crippen molar-refractivity contribution in [2.45, 2.75) is 100 Å². The molecular weight excluding hydrogens is 666 g/mol. The van der Waals surface area contributed by atoms with Gasteiger partial charge in [0.2, 0.25) is 27.7 Å². The van der Waals surface area contributed by atoms with E-state index in [0.29, 0.717) is 29.9 Å². The summed E-state index contributed by atoms with van der Waals surface area (Å²) in [4.78, 5) is 60.5. The Labute approximate surface area is 291 Å². The number of fused-ring (bicyclic) bond motifs is 1. The number of nitrogens with zero attached hydrogens (tertiary/aromatic N) is 2. The van der Waals surface area contributed by atoms with E-state index in [2.05, 4.69) is 26.9 Å². The Morgan fingerprint density at radius 1 is 1.08 bits per heavy atom. The van der Waals surface area contributed by atoms with Gasteiger partial charge in [0, 0.05) is 23.9 Å². The van der Waals surface area contributed by atoms with Gasteiger partial charge in [-0.3, -0.25) is 19.1 Å². The molecule has 1 aromatic heterocycles. The van der Waals surface area contributed by atoms with Crippen molar-refractivity contribution < 1.29 is 41.8 Å². The second-order valence-corrected chi connectivity index (χ2v) is 16.0. The first-order valence-corrected chi connectivity index (χ1v) is 18.8. The molecule has 1 aromatic carbocycles. The molecule has 0 bridgehead atoms. The van der Waals surface area contributed by atoms with Crippen molar-refractivity contribution in [3.63, 3.8) is 0 Å². The number of carbonyl (C=O) groups excluding carboxylic acids is 4. The molecule has 3 saturated carbocycles. The highest BCUT2D eigenvalue weighted by molar-refractivity contribution is 7.91. The SMILES string of the molecule is C=C[C@@H]1C[C@]1(NC(=O)[C@@H]1C[C@@H](Oc2nccc3cc(OC)ccc23)CN1C(=O)[C@@H](NC(=O)OC1CCCC1)C(C)C)C(=O)NS(=O)(=O)C1CC1. The molecule has 2 aromatic rings. The number of carbonyl (C=O) groups is 4. The van der Waals surface area contributed by atoms with Crippen LogP contribution in [0.15, 0.2) is 43.1 Å². The molecule has 6 rings (SSSR count). The number of rotatable bonds is 13. The zero-order chi connectivity index (χ0) is 35.8. The van der Waals surface area contributed by atoms with E-state index in [1.54, 1.807) is 33.2 Å². The molecule has 3 aliphatic carbocycles. The summed E-state index contributed by atoms with van der Waals surface area (Å²) >= 11 is 0. The van der Waals surface area contributed by atoms with Crippen molar-refractivity contribution >= 4 is 44.6 Å². The van der Waals surface area contributed by atoms with Gasteiger partial charge in [-0.05, 0) is 80.5 Å². The lowest BCUT2D eigenvalue weighted by Gasteiger charge is -2.31. The van der Waals surface area contributed by atoms with Crippen LogP contribution in [0.1, 0.15) is 65.2 Å². The predicted molar refractivity (Wildman–Crippen MR) is 183 cm³/mol. The molecule has 0 spiro atoms. The minimum absolute atomic E-state index is 0.0200. The monoisotopic (exact) mass is 711 g/mol. The number of likely N-dealkylation sites (tertiary alicyclic amines) is 1. The Morgan fingerprint density at radius 2 is 1.82 bits per heavy atom. The van der Waals surface area contributed by atoms with Crippen LogP contribution < -0.4 is 24.8 Å². The quantitative estimate of drug-likeness (QED) is 0.261. The van der Waals surface area contributed by atoms with Gasteiger partial charge in [0.05, 0.1) is 18.9 Å². The summed E-state index contributed by atoms with van der Waals surface area (Å²) in [6.45, 7) is 7.31. The molecule has 3 N–H and O–H groups in total. The van der Waals surface area contributed by atoms with Gasteiger partial charge >= 0.3 is 6.09 Å². The van der Waals surface area contributed by atoms with Gasteiger partial charge in [-0.25, -0.2) is 18.2 Å². The normalized spacial score (nSPS) is 25.5. The Kier molecular flexibility index (Phi) is 9.98. The molecule has 15 heteroatoms. The summed E-state index contributed by atoms with van der Waals surface area (Å²) in [5.41, 5.74) is -1.54. The first-order valence-electron chi connectivity index (χ1n) is 17.2. The summed E-state index contributed by atoms with van der Waals surface area (Å²) < 4.78 is 44.7. The highest BCUT2D eigenvalue weighted by atomic mass is 32.2. The number of methoxy groups -OCH3 is 1. The Bertz CT molecular complexity index is 1770.